The molecule has 2 rings (SSSR count). The number of sulfonamides is 1. The Kier molecular flexibility index (Phi) is 3.82. The van der Waals surface area contributed by atoms with Crippen LogP contribution < -0.4 is 10.5 Å². The molecule has 0 spiro atoms. The third-order valence-electron chi connectivity index (χ3n) is 2.64. The average molecular weight is 281 g/mol. The van der Waals surface area contributed by atoms with Gasteiger partial charge in [0.05, 0.1) is 4.90 Å². The summed E-state index contributed by atoms with van der Waals surface area (Å²) in [6.45, 7) is 0.263. The molecule has 8 heteroatoms. The number of nitrogens with zero attached hydrogens (tertiary/aromatic N) is 3. The zero-order valence-corrected chi connectivity index (χ0v) is 11.3. The molecule has 0 aliphatic heterocycles. The van der Waals surface area contributed by atoms with Crippen molar-refractivity contribution in [2.45, 2.75) is 11.3 Å². The number of nitrogen functional groups attached to an aromatic ring is 1. The predicted molar refractivity (Wildman–Crippen MR) is 70.7 cm³/mol. The summed E-state index contributed by atoms with van der Waals surface area (Å²) in [5.41, 5.74) is 6.04. The molecule has 0 saturated carbocycles. The van der Waals surface area contributed by atoms with Gasteiger partial charge >= 0.3 is 0 Å². The van der Waals surface area contributed by atoms with Crippen molar-refractivity contribution in [1.82, 2.24) is 19.5 Å². The topological polar surface area (TPSA) is 103 Å². The molecule has 0 aliphatic carbocycles. The summed E-state index contributed by atoms with van der Waals surface area (Å²) >= 11 is 0. The van der Waals surface area contributed by atoms with Gasteiger partial charge in [0.25, 0.3) is 0 Å². The van der Waals surface area contributed by atoms with Gasteiger partial charge < -0.3 is 10.3 Å². The molecule has 1 aromatic carbocycles. The number of anilines is 1. The van der Waals surface area contributed by atoms with Gasteiger partial charge in [-0.3, -0.25) is 0 Å². The second kappa shape index (κ2) is 5.37. The predicted octanol–water partition coefficient (Wildman–Crippen LogP) is -0.0817. The van der Waals surface area contributed by atoms with Crippen molar-refractivity contribution in [2.24, 2.45) is 7.05 Å². The summed E-state index contributed by atoms with van der Waals surface area (Å²) in [5.74, 6) is 0.722. The van der Waals surface area contributed by atoms with E-state index in [0.29, 0.717) is 12.1 Å². The summed E-state index contributed by atoms with van der Waals surface area (Å²) in [5, 5.41) is 7.61. The molecule has 7 nitrogen and oxygen atoms in total. The number of rotatable bonds is 5. The van der Waals surface area contributed by atoms with Crippen LogP contribution in [0, 0.1) is 0 Å². The van der Waals surface area contributed by atoms with E-state index >= 15 is 0 Å². The van der Waals surface area contributed by atoms with E-state index in [1.807, 2.05) is 7.05 Å². The van der Waals surface area contributed by atoms with E-state index < -0.39 is 10.0 Å². The molecular formula is C11H15N5O2S. The van der Waals surface area contributed by atoms with Gasteiger partial charge in [-0.15, -0.1) is 10.2 Å². The highest BCUT2D eigenvalue weighted by molar-refractivity contribution is 7.89. The second-order valence-electron chi connectivity index (χ2n) is 4.07. The molecule has 0 amide bonds. The van der Waals surface area contributed by atoms with Gasteiger partial charge in [0.15, 0.2) is 0 Å². The highest BCUT2D eigenvalue weighted by Crippen LogP contribution is 2.11. The Labute approximate surface area is 111 Å². The maximum Gasteiger partial charge on any atom is 0.240 e. The van der Waals surface area contributed by atoms with E-state index in [9.17, 15) is 8.42 Å². The molecule has 1 heterocycles. The zero-order chi connectivity index (χ0) is 13.9. The van der Waals surface area contributed by atoms with Crippen LogP contribution in [0.25, 0.3) is 0 Å². The Balaban J connectivity index is 1.98. The maximum atomic E-state index is 12.0. The molecule has 0 fully saturated rings. The Morgan fingerprint density at radius 1 is 1.32 bits per heavy atom. The first-order chi connectivity index (χ1) is 8.99. The van der Waals surface area contributed by atoms with E-state index in [0.717, 1.165) is 5.82 Å². The van der Waals surface area contributed by atoms with Crippen molar-refractivity contribution in [1.29, 1.82) is 0 Å². The van der Waals surface area contributed by atoms with Crippen LogP contribution in [0.2, 0.25) is 0 Å². The first kappa shape index (κ1) is 13.5. The highest BCUT2D eigenvalue weighted by atomic mass is 32.2. The van der Waals surface area contributed by atoms with Crippen LogP contribution in [0.5, 0.6) is 0 Å². The molecule has 0 radical (unpaired) electrons. The van der Waals surface area contributed by atoms with Gasteiger partial charge in [-0.1, -0.05) is 0 Å². The third kappa shape index (κ3) is 3.30. The minimum atomic E-state index is -3.51. The molecule has 0 saturated heterocycles. The summed E-state index contributed by atoms with van der Waals surface area (Å²) < 4.78 is 28.2. The number of nitrogens with one attached hydrogen (secondary N) is 1. The molecule has 0 bridgehead atoms. The fourth-order valence-corrected chi connectivity index (χ4v) is 2.59. The van der Waals surface area contributed by atoms with Crippen LogP contribution in [-0.4, -0.2) is 29.7 Å². The second-order valence-corrected chi connectivity index (χ2v) is 5.84. The molecule has 3 N–H and O–H groups in total. The summed E-state index contributed by atoms with van der Waals surface area (Å²) in [6.07, 6.45) is 2.05. The standard InChI is InChI=1S/C11H15N5O2S/c1-16-8-13-15-11(16)6-7-14-19(17,18)10-4-2-9(12)3-5-10/h2-5,8,14H,6-7,12H2,1H3. The van der Waals surface area contributed by atoms with Crippen molar-refractivity contribution in [2.75, 3.05) is 12.3 Å². The largest absolute Gasteiger partial charge is 0.399 e. The molecule has 0 aliphatic rings. The van der Waals surface area contributed by atoms with Gasteiger partial charge in [-0.25, -0.2) is 13.1 Å². The lowest BCUT2D eigenvalue weighted by Gasteiger charge is -2.06. The SMILES string of the molecule is Cn1cnnc1CCNS(=O)(=O)c1ccc(N)cc1. The average Bonchev–Trinajstić information content (AvgIpc) is 2.75. The van der Waals surface area contributed by atoms with Crippen LogP contribution in [-0.2, 0) is 23.5 Å². The monoisotopic (exact) mass is 281 g/mol. The van der Waals surface area contributed by atoms with E-state index in [2.05, 4.69) is 14.9 Å². The van der Waals surface area contributed by atoms with E-state index in [-0.39, 0.29) is 11.4 Å². The molecule has 19 heavy (non-hydrogen) atoms. The number of hydrogen-bond donors (Lipinski definition) is 2. The van der Waals surface area contributed by atoms with Crippen LogP contribution in [0.1, 0.15) is 5.82 Å². The first-order valence-electron chi connectivity index (χ1n) is 5.67. The number of benzene rings is 1. The summed E-state index contributed by atoms with van der Waals surface area (Å²) in [4.78, 5) is 0.194. The lowest BCUT2D eigenvalue weighted by atomic mass is 10.3. The van der Waals surface area contributed by atoms with Crippen molar-refractivity contribution in [3.8, 4) is 0 Å². The van der Waals surface area contributed by atoms with Gasteiger partial charge in [-0.05, 0) is 24.3 Å². The molecule has 2 aromatic rings. The van der Waals surface area contributed by atoms with E-state index in [4.69, 9.17) is 5.73 Å². The van der Waals surface area contributed by atoms with Crippen LogP contribution >= 0.6 is 0 Å². The number of nitrogens with two attached hydrogens (primary N) is 1. The van der Waals surface area contributed by atoms with Gasteiger partial charge in [-0.2, -0.15) is 0 Å². The summed E-state index contributed by atoms with van der Waals surface area (Å²) in [6, 6.07) is 6.05. The highest BCUT2D eigenvalue weighted by Gasteiger charge is 2.13. The van der Waals surface area contributed by atoms with Crippen LogP contribution in [0.3, 0.4) is 0 Å². The molecular weight excluding hydrogens is 266 g/mol. The van der Waals surface area contributed by atoms with Gasteiger partial charge in [0.1, 0.15) is 12.2 Å². The molecule has 1 aromatic heterocycles. The minimum absolute atomic E-state index is 0.194. The lowest BCUT2D eigenvalue weighted by molar-refractivity contribution is 0.580. The quantitative estimate of drug-likeness (QED) is 0.746. The Bertz CT molecular complexity index is 648. The maximum absolute atomic E-state index is 12.0. The van der Waals surface area contributed by atoms with Crippen LogP contribution in [0.15, 0.2) is 35.5 Å². The zero-order valence-electron chi connectivity index (χ0n) is 10.4. The fourth-order valence-electron chi connectivity index (χ4n) is 1.56. The molecule has 102 valence electrons. The Hall–Kier alpha value is -1.93. The Morgan fingerprint density at radius 3 is 2.58 bits per heavy atom. The van der Waals surface area contributed by atoms with Crippen molar-refractivity contribution in [3.63, 3.8) is 0 Å². The Morgan fingerprint density at radius 2 is 2.00 bits per heavy atom. The van der Waals surface area contributed by atoms with Gasteiger partial charge in [0, 0.05) is 25.7 Å². The smallest absolute Gasteiger partial charge is 0.240 e. The minimum Gasteiger partial charge on any atom is -0.399 e. The fraction of sp³-hybridized carbons (Fsp3) is 0.273. The number of hydrogen-bond acceptors (Lipinski definition) is 5. The van der Waals surface area contributed by atoms with Crippen molar-refractivity contribution in [3.05, 3.63) is 36.4 Å². The first-order valence-corrected chi connectivity index (χ1v) is 7.15. The van der Waals surface area contributed by atoms with Gasteiger partial charge in [0.2, 0.25) is 10.0 Å². The van der Waals surface area contributed by atoms with E-state index in [1.165, 1.54) is 12.1 Å². The van der Waals surface area contributed by atoms with Crippen LogP contribution in [0.4, 0.5) is 5.69 Å². The third-order valence-corrected chi connectivity index (χ3v) is 4.11. The number of aryl methyl sites for hydroxylation is 1. The summed E-state index contributed by atoms with van der Waals surface area (Å²) in [7, 11) is -1.70. The van der Waals surface area contributed by atoms with Crippen molar-refractivity contribution >= 4 is 15.7 Å². The molecule has 0 atom stereocenters. The number of aromatic nitrogens is 3. The lowest BCUT2D eigenvalue weighted by Crippen LogP contribution is -2.26. The van der Waals surface area contributed by atoms with Crippen molar-refractivity contribution < 1.29 is 8.42 Å². The van der Waals surface area contributed by atoms with E-state index in [1.54, 1.807) is 23.0 Å². The normalized spacial score (nSPS) is 11.6. The molecule has 0 unspecified atom stereocenters.